The summed E-state index contributed by atoms with van der Waals surface area (Å²) in [4.78, 5) is 12.9. The Labute approximate surface area is 118 Å². The molecule has 1 heterocycles. The molecule has 112 valence electrons. The predicted octanol–water partition coefficient (Wildman–Crippen LogP) is 0.607. The van der Waals surface area contributed by atoms with Crippen LogP contribution in [0.3, 0.4) is 0 Å². The summed E-state index contributed by atoms with van der Waals surface area (Å²) < 4.78 is 10.1. The number of carbonyl (C=O) groups is 1. The molecule has 0 bridgehead atoms. The van der Waals surface area contributed by atoms with E-state index in [0.717, 1.165) is 12.1 Å². The van der Waals surface area contributed by atoms with Crippen LogP contribution in [0.1, 0.15) is 0 Å². The number of nitrogens with one attached hydrogen (secondary N) is 2. The Kier molecular flexibility index (Phi) is 7.93. The van der Waals surface area contributed by atoms with E-state index in [1.165, 1.54) is 6.26 Å². The van der Waals surface area contributed by atoms with Crippen LogP contribution in [0, 0.1) is 0 Å². The van der Waals surface area contributed by atoms with Crippen LogP contribution in [0.5, 0.6) is 0 Å². The van der Waals surface area contributed by atoms with Crippen LogP contribution in [0.4, 0.5) is 4.79 Å². The minimum atomic E-state index is -0.0431. The SMILES string of the molecule is COC=CC(=CC=COCCN1CCNC1=O)CNO. The molecule has 2 amide bonds. The average Bonchev–Trinajstić information content (AvgIpc) is 2.85. The molecule has 0 aromatic heterocycles. The van der Waals surface area contributed by atoms with Gasteiger partial charge in [-0.15, -0.1) is 0 Å². The first kappa shape index (κ1) is 16.1. The van der Waals surface area contributed by atoms with Crippen LogP contribution in [-0.4, -0.2) is 56.0 Å². The molecular formula is C13H21N3O4. The minimum absolute atomic E-state index is 0.0431. The van der Waals surface area contributed by atoms with E-state index in [4.69, 9.17) is 14.7 Å². The fourth-order valence-electron chi connectivity index (χ4n) is 1.59. The van der Waals surface area contributed by atoms with Crippen molar-refractivity contribution >= 4 is 6.03 Å². The summed E-state index contributed by atoms with van der Waals surface area (Å²) in [6.45, 7) is 2.73. The summed E-state index contributed by atoms with van der Waals surface area (Å²) in [5, 5.41) is 11.4. The van der Waals surface area contributed by atoms with Gasteiger partial charge in [0.15, 0.2) is 0 Å². The lowest BCUT2D eigenvalue weighted by Crippen LogP contribution is -2.30. The zero-order valence-corrected chi connectivity index (χ0v) is 11.5. The number of hydroxylamine groups is 1. The molecule has 0 aliphatic carbocycles. The van der Waals surface area contributed by atoms with Gasteiger partial charge in [-0.1, -0.05) is 6.08 Å². The zero-order chi connectivity index (χ0) is 14.6. The summed E-state index contributed by atoms with van der Waals surface area (Å²) in [6.07, 6.45) is 8.29. The lowest BCUT2D eigenvalue weighted by atomic mass is 10.2. The number of methoxy groups -OCH3 is 1. The molecule has 0 radical (unpaired) electrons. The van der Waals surface area contributed by atoms with E-state index in [0.29, 0.717) is 26.2 Å². The number of hydrogen-bond donors (Lipinski definition) is 3. The minimum Gasteiger partial charge on any atom is -0.504 e. The van der Waals surface area contributed by atoms with E-state index >= 15 is 0 Å². The summed E-state index contributed by atoms with van der Waals surface area (Å²) in [5.74, 6) is 0. The van der Waals surface area contributed by atoms with Crippen molar-refractivity contribution in [2.75, 3.05) is 39.9 Å². The molecule has 0 atom stereocenters. The number of hydrogen-bond acceptors (Lipinski definition) is 5. The van der Waals surface area contributed by atoms with E-state index in [2.05, 4.69) is 10.8 Å². The zero-order valence-electron chi connectivity index (χ0n) is 11.5. The first-order valence-electron chi connectivity index (χ1n) is 6.34. The third kappa shape index (κ3) is 6.26. The second-order valence-electron chi connectivity index (χ2n) is 4.03. The monoisotopic (exact) mass is 283 g/mol. The van der Waals surface area contributed by atoms with Crippen molar-refractivity contribution in [1.29, 1.82) is 0 Å². The third-order valence-electron chi connectivity index (χ3n) is 2.61. The number of carbonyl (C=O) groups excluding carboxylic acids is 1. The predicted molar refractivity (Wildman–Crippen MR) is 74.1 cm³/mol. The standard InChI is InChI=1S/C13H21N3O4/c1-19-9-4-12(11-15-18)3-2-8-20-10-7-16-6-5-14-13(16)17/h2-4,8-9,15,18H,5-7,10-11H2,1H3,(H,14,17). The molecule has 0 unspecified atom stereocenters. The summed E-state index contributed by atoms with van der Waals surface area (Å²) in [6, 6.07) is -0.0431. The molecule has 1 aliphatic heterocycles. The largest absolute Gasteiger partial charge is 0.504 e. The highest BCUT2D eigenvalue weighted by Crippen LogP contribution is 1.98. The van der Waals surface area contributed by atoms with Crippen molar-refractivity contribution in [1.82, 2.24) is 15.7 Å². The van der Waals surface area contributed by atoms with Crippen molar-refractivity contribution in [3.05, 3.63) is 36.3 Å². The highest BCUT2D eigenvalue weighted by molar-refractivity contribution is 5.76. The Hall–Kier alpha value is -1.99. The molecule has 0 aromatic rings. The van der Waals surface area contributed by atoms with Gasteiger partial charge in [0.2, 0.25) is 0 Å². The molecule has 0 spiro atoms. The molecule has 7 nitrogen and oxygen atoms in total. The first-order chi connectivity index (χ1) is 9.77. The van der Waals surface area contributed by atoms with Crippen molar-refractivity contribution in [2.45, 2.75) is 0 Å². The number of urea groups is 1. The van der Waals surface area contributed by atoms with Gasteiger partial charge in [0.25, 0.3) is 0 Å². The Morgan fingerprint density at radius 2 is 2.40 bits per heavy atom. The molecule has 20 heavy (non-hydrogen) atoms. The van der Waals surface area contributed by atoms with Gasteiger partial charge in [0.1, 0.15) is 6.61 Å². The van der Waals surface area contributed by atoms with Crippen molar-refractivity contribution in [3.63, 3.8) is 0 Å². The van der Waals surface area contributed by atoms with Crippen LogP contribution in [-0.2, 0) is 9.47 Å². The normalized spacial score (nSPS) is 16.2. The third-order valence-corrected chi connectivity index (χ3v) is 2.61. The van der Waals surface area contributed by atoms with Crippen LogP contribution < -0.4 is 10.8 Å². The average molecular weight is 283 g/mol. The molecule has 1 aliphatic rings. The number of nitrogens with zero attached hydrogens (tertiary/aromatic N) is 1. The summed E-state index contributed by atoms with van der Waals surface area (Å²) >= 11 is 0. The Balaban J connectivity index is 2.24. The second kappa shape index (κ2) is 9.88. The van der Waals surface area contributed by atoms with E-state index < -0.39 is 0 Å². The van der Waals surface area contributed by atoms with Crippen molar-refractivity contribution in [3.8, 4) is 0 Å². The number of allylic oxidation sites excluding steroid dienone is 2. The van der Waals surface area contributed by atoms with Gasteiger partial charge < -0.3 is 24.9 Å². The van der Waals surface area contributed by atoms with Crippen LogP contribution >= 0.6 is 0 Å². The van der Waals surface area contributed by atoms with Gasteiger partial charge in [-0.2, -0.15) is 0 Å². The lowest BCUT2D eigenvalue weighted by molar-refractivity contribution is 0.177. The maximum Gasteiger partial charge on any atom is 0.317 e. The molecule has 7 heteroatoms. The fraction of sp³-hybridized carbons (Fsp3) is 0.462. The Morgan fingerprint density at radius 1 is 1.55 bits per heavy atom. The maximum atomic E-state index is 11.2. The van der Waals surface area contributed by atoms with E-state index in [1.54, 1.807) is 36.5 Å². The molecular weight excluding hydrogens is 262 g/mol. The van der Waals surface area contributed by atoms with Crippen LogP contribution in [0.15, 0.2) is 36.3 Å². The molecule has 1 fully saturated rings. The molecule has 1 rings (SSSR count). The Morgan fingerprint density at radius 3 is 3.05 bits per heavy atom. The topological polar surface area (TPSA) is 83.1 Å². The van der Waals surface area contributed by atoms with Crippen LogP contribution in [0.2, 0.25) is 0 Å². The Bertz CT molecular complexity index is 380. The van der Waals surface area contributed by atoms with Gasteiger partial charge >= 0.3 is 6.03 Å². The second-order valence-corrected chi connectivity index (χ2v) is 4.03. The highest BCUT2D eigenvalue weighted by Gasteiger charge is 2.18. The summed E-state index contributed by atoms with van der Waals surface area (Å²) in [5.41, 5.74) is 2.90. The fourth-order valence-corrected chi connectivity index (χ4v) is 1.59. The van der Waals surface area contributed by atoms with Crippen molar-refractivity contribution < 1.29 is 19.5 Å². The molecule has 3 N–H and O–H groups in total. The molecule has 0 saturated carbocycles. The van der Waals surface area contributed by atoms with Gasteiger partial charge in [0, 0.05) is 19.6 Å². The van der Waals surface area contributed by atoms with E-state index in [9.17, 15) is 4.79 Å². The number of ether oxygens (including phenoxy) is 2. The lowest BCUT2D eigenvalue weighted by Gasteiger charge is -2.12. The van der Waals surface area contributed by atoms with Crippen molar-refractivity contribution in [2.24, 2.45) is 0 Å². The van der Waals surface area contributed by atoms with Gasteiger partial charge in [-0.3, -0.25) is 0 Å². The molecule has 0 aromatic carbocycles. The van der Waals surface area contributed by atoms with Gasteiger partial charge in [-0.05, 0) is 17.7 Å². The first-order valence-corrected chi connectivity index (χ1v) is 6.34. The van der Waals surface area contributed by atoms with Crippen LogP contribution in [0.25, 0.3) is 0 Å². The van der Waals surface area contributed by atoms with E-state index in [-0.39, 0.29) is 6.03 Å². The van der Waals surface area contributed by atoms with Gasteiger partial charge in [0.05, 0.1) is 26.2 Å². The summed E-state index contributed by atoms with van der Waals surface area (Å²) in [7, 11) is 1.55. The smallest absolute Gasteiger partial charge is 0.317 e. The number of rotatable bonds is 9. The highest BCUT2D eigenvalue weighted by atomic mass is 16.5. The maximum absolute atomic E-state index is 11.2. The number of amides is 2. The van der Waals surface area contributed by atoms with Gasteiger partial charge in [-0.25, -0.2) is 10.3 Å². The van der Waals surface area contributed by atoms with E-state index in [1.807, 2.05) is 0 Å². The molecule has 1 saturated heterocycles. The quantitative estimate of drug-likeness (QED) is 0.250.